The van der Waals surface area contributed by atoms with Gasteiger partial charge in [0.15, 0.2) is 0 Å². The Morgan fingerprint density at radius 1 is 1.09 bits per heavy atom. The molecular formula is C16H15BrN2O2S. The molecule has 0 aliphatic heterocycles. The highest BCUT2D eigenvalue weighted by molar-refractivity contribution is 9.10. The minimum Gasteiger partial charge on any atom is -0.207 e. The van der Waals surface area contributed by atoms with Crippen LogP contribution in [-0.2, 0) is 15.6 Å². The van der Waals surface area contributed by atoms with Crippen molar-refractivity contribution in [2.45, 2.75) is 24.3 Å². The highest BCUT2D eigenvalue weighted by Crippen LogP contribution is 2.24. The van der Waals surface area contributed by atoms with E-state index in [0.29, 0.717) is 5.56 Å². The van der Waals surface area contributed by atoms with Gasteiger partial charge in [-0.2, -0.15) is 9.98 Å². The van der Waals surface area contributed by atoms with Crippen molar-refractivity contribution >= 4 is 26.0 Å². The predicted molar refractivity (Wildman–Crippen MR) is 88.6 cm³/mol. The van der Waals surface area contributed by atoms with Gasteiger partial charge >= 0.3 is 0 Å². The van der Waals surface area contributed by atoms with Crippen LogP contribution < -0.4 is 4.72 Å². The van der Waals surface area contributed by atoms with Crippen molar-refractivity contribution in [2.75, 3.05) is 0 Å². The summed E-state index contributed by atoms with van der Waals surface area (Å²) in [6, 6.07) is 15.5. The van der Waals surface area contributed by atoms with Crippen molar-refractivity contribution in [2.24, 2.45) is 0 Å². The van der Waals surface area contributed by atoms with Gasteiger partial charge in [0.05, 0.1) is 11.0 Å². The Morgan fingerprint density at radius 3 is 2.14 bits per heavy atom. The first-order valence-electron chi connectivity index (χ1n) is 6.55. The predicted octanol–water partition coefficient (Wildman–Crippen LogP) is 3.47. The van der Waals surface area contributed by atoms with E-state index in [1.54, 1.807) is 43.3 Å². The topological polar surface area (TPSA) is 70.0 Å². The molecule has 1 N–H and O–H groups in total. The van der Waals surface area contributed by atoms with E-state index in [2.05, 4.69) is 20.7 Å². The summed E-state index contributed by atoms with van der Waals surface area (Å²) in [5.41, 5.74) is 0.202. The fourth-order valence-corrected chi connectivity index (χ4v) is 3.55. The summed E-state index contributed by atoms with van der Waals surface area (Å²) in [5.74, 6) is 0. The molecule has 22 heavy (non-hydrogen) atoms. The lowest BCUT2D eigenvalue weighted by molar-refractivity contribution is 0.524. The maximum Gasteiger partial charge on any atom is 0.242 e. The van der Waals surface area contributed by atoms with Crippen molar-refractivity contribution in [3.63, 3.8) is 0 Å². The lowest BCUT2D eigenvalue weighted by Gasteiger charge is -2.23. The SMILES string of the molecule is Cc1ccc(S(=O)(=O)N[C@](C)(C#N)c2ccc(Br)cc2)cc1. The Labute approximate surface area is 139 Å². The first kappa shape index (κ1) is 16.7. The quantitative estimate of drug-likeness (QED) is 0.884. The Balaban J connectivity index is 2.39. The van der Waals surface area contributed by atoms with Crippen molar-refractivity contribution in [3.05, 3.63) is 64.1 Å². The number of hydrogen-bond donors (Lipinski definition) is 1. The summed E-state index contributed by atoms with van der Waals surface area (Å²) in [4.78, 5) is 0.136. The average molecular weight is 379 g/mol. The molecule has 2 rings (SSSR count). The van der Waals surface area contributed by atoms with Crippen molar-refractivity contribution < 1.29 is 8.42 Å². The zero-order valence-electron chi connectivity index (χ0n) is 12.2. The molecule has 2 aromatic carbocycles. The molecule has 6 heteroatoms. The van der Waals surface area contributed by atoms with E-state index in [9.17, 15) is 13.7 Å². The summed E-state index contributed by atoms with van der Waals surface area (Å²) in [6.45, 7) is 3.42. The molecule has 0 radical (unpaired) electrons. The van der Waals surface area contributed by atoms with Crippen LogP contribution in [0.4, 0.5) is 0 Å². The first-order chi connectivity index (χ1) is 10.3. The molecule has 1 atom stereocenters. The Hall–Kier alpha value is -1.68. The smallest absolute Gasteiger partial charge is 0.207 e. The zero-order valence-corrected chi connectivity index (χ0v) is 14.6. The molecular weight excluding hydrogens is 364 g/mol. The number of nitriles is 1. The van der Waals surface area contributed by atoms with Crippen LogP contribution in [-0.4, -0.2) is 8.42 Å². The van der Waals surface area contributed by atoms with Crippen molar-refractivity contribution in [1.29, 1.82) is 5.26 Å². The van der Waals surface area contributed by atoms with E-state index in [0.717, 1.165) is 10.0 Å². The fourth-order valence-electron chi connectivity index (χ4n) is 1.97. The minimum absolute atomic E-state index is 0.136. The molecule has 0 saturated heterocycles. The van der Waals surface area contributed by atoms with Crippen LogP contribution >= 0.6 is 15.9 Å². The monoisotopic (exact) mass is 378 g/mol. The van der Waals surface area contributed by atoms with Crippen LogP contribution in [0.2, 0.25) is 0 Å². The van der Waals surface area contributed by atoms with Gasteiger partial charge in [0.1, 0.15) is 5.54 Å². The van der Waals surface area contributed by atoms with E-state index >= 15 is 0 Å². The maximum atomic E-state index is 12.5. The number of hydrogen-bond acceptors (Lipinski definition) is 3. The summed E-state index contributed by atoms with van der Waals surface area (Å²) in [7, 11) is -3.79. The molecule has 0 fully saturated rings. The summed E-state index contributed by atoms with van der Waals surface area (Å²) >= 11 is 3.32. The van der Waals surface area contributed by atoms with Gasteiger partial charge in [-0.25, -0.2) is 8.42 Å². The number of sulfonamides is 1. The molecule has 0 unspecified atom stereocenters. The van der Waals surface area contributed by atoms with Gasteiger partial charge in [0.2, 0.25) is 10.0 Å². The molecule has 0 bridgehead atoms. The molecule has 0 aromatic heterocycles. The zero-order chi connectivity index (χ0) is 16.4. The molecule has 0 spiro atoms. The third kappa shape index (κ3) is 3.55. The molecule has 4 nitrogen and oxygen atoms in total. The Kier molecular flexibility index (Phi) is 4.71. The Bertz CT molecular complexity index is 809. The number of benzene rings is 2. The molecule has 0 heterocycles. The highest BCUT2D eigenvalue weighted by atomic mass is 79.9. The standard InChI is InChI=1S/C16H15BrN2O2S/c1-12-3-9-15(10-4-12)22(20,21)19-16(2,11-18)13-5-7-14(17)8-6-13/h3-10,19H,1-2H3/t16-/m1/s1. The van der Waals surface area contributed by atoms with E-state index in [1.807, 2.05) is 13.0 Å². The molecule has 0 amide bonds. The van der Waals surface area contributed by atoms with Crippen LogP contribution in [0.1, 0.15) is 18.1 Å². The molecule has 0 aliphatic rings. The number of nitrogens with one attached hydrogen (secondary N) is 1. The number of halogens is 1. The van der Waals surface area contributed by atoms with Gasteiger partial charge < -0.3 is 0 Å². The second-order valence-electron chi connectivity index (χ2n) is 5.16. The van der Waals surface area contributed by atoms with E-state index in [-0.39, 0.29) is 4.90 Å². The van der Waals surface area contributed by atoms with Crippen LogP contribution in [0.3, 0.4) is 0 Å². The molecule has 114 valence electrons. The lowest BCUT2D eigenvalue weighted by atomic mass is 9.95. The van der Waals surface area contributed by atoms with Crippen molar-refractivity contribution in [3.8, 4) is 6.07 Å². The normalized spacial score (nSPS) is 14.1. The summed E-state index contributed by atoms with van der Waals surface area (Å²) in [5, 5.41) is 9.47. The lowest BCUT2D eigenvalue weighted by Crippen LogP contribution is -2.42. The van der Waals surface area contributed by atoms with Gasteiger partial charge in [-0.3, -0.25) is 0 Å². The van der Waals surface area contributed by atoms with E-state index < -0.39 is 15.6 Å². The average Bonchev–Trinajstić information content (AvgIpc) is 2.47. The van der Waals surface area contributed by atoms with Crippen LogP contribution in [0.15, 0.2) is 57.9 Å². The number of rotatable bonds is 4. The second-order valence-corrected chi connectivity index (χ2v) is 7.76. The first-order valence-corrected chi connectivity index (χ1v) is 8.82. The highest BCUT2D eigenvalue weighted by Gasteiger charge is 2.32. The second kappa shape index (κ2) is 6.21. The van der Waals surface area contributed by atoms with Gasteiger partial charge in [-0.15, -0.1) is 0 Å². The number of aryl methyl sites for hydroxylation is 1. The summed E-state index contributed by atoms with van der Waals surface area (Å²) < 4.78 is 28.3. The molecule has 0 saturated carbocycles. The van der Waals surface area contributed by atoms with Crippen LogP contribution in [0.5, 0.6) is 0 Å². The minimum atomic E-state index is -3.79. The Morgan fingerprint density at radius 2 is 1.64 bits per heavy atom. The van der Waals surface area contributed by atoms with Crippen molar-refractivity contribution in [1.82, 2.24) is 4.72 Å². The number of nitrogens with zero attached hydrogens (tertiary/aromatic N) is 1. The fraction of sp³-hybridized carbons (Fsp3) is 0.188. The van der Waals surface area contributed by atoms with Gasteiger partial charge in [0.25, 0.3) is 0 Å². The third-order valence-corrected chi connectivity index (χ3v) is 5.41. The summed E-state index contributed by atoms with van der Waals surface area (Å²) in [6.07, 6.45) is 0. The van der Waals surface area contributed by atoms with E-state index in [1.165, 1.54) is 12.1 Å². The van der Waals surface area contributed by atoms with Crippen LogP contribution in [0.25, 0.3) is 0 Å². The third-order valence-electron chi connectivity index (χ3n) is 3.31. The maximum absolute atomic E-state index is 12.5. The van der Waals surface area contributed by atoms with Gasteiger partial charge in [-0.05, 0) is 43.7 Å². The van der Waals surface area contributed by atoms with Gasteiger partial charge in [-0.1, -0.05) is 45.8 Å². The van der Waals surface area contributed by atoms with Crippen LogP contribution in [0, 0.1) is 18.3 Å². The van der Waals surface area contributed by atoms with E-state index in [4.69, 9.17) is 0 Å². The molecule has 0 aliphatic carbocycles. The largest absolute Gasteiger partial charge is 0.242 e. The van der Waals surface area contributed by atoms with Gasteiger partial charge in [0, 0.05) is 4.47 Å². The molecule has 2 aromatic rings.